The zero-order valence-electron chi connectivity index (χ0n) is 9.76. The molecule has 1 aliphatic rings. The van der Waals surface area contributed by atoms with Gasteiger partial charge in [0.25, 0.3) is 0 Å². The molecule has 2 nitrogen and oxygen atoms in total. The zero-order chi connectivity index (χ0) is 11.5. The predicted octanol–water partition coefficient (Wildman–Crippen LogP) is 2.61. The van der Waals surface area contributed by atoms with Crippen LogP contribution in [0.3, 0.4) is 0 Å². The van der Waals surface area contributed by atoms with Crippen molar-refractivity contribution < 1.29 is 4.79 Å². The molecule has 1 aliphatic heterocycles. The Morgan fingerprint density at radius 3 is 2.50 bits per heavy atom. The van der Waals surface area contributed by atoms with Crippen molar-refractivity contribution in [2.45, 2.75) is 26.4 Å². The third kappa shape index (κ3) is 2.16. The van der Waals surface area contributed by atoms with Crippen molar-refractivity contribution in [3.8, 4) is 0 Å². The fourth-order valence-corrected chi connectivity index (χ4v) is 1.98. The zero-order valence-corrected chi connectivity index (χ0v) is 9.76. The number of carbonyl (C=O) groups excluding carboxylic acids is 1. The average Bonchev–Trinajstić information content (AvgIpc) is 2.31. The van der Waals surface area contributed by atoms with Gasteiger partial charge in [-0.15, -0.1) is 0 Å². The van der Waals surface area contributed by atoms with Gasteiger partial charge >= 0.3 is 0 Å². The first-order valence-electron chi connectivity index (χ1n) is 5.71. The Kier molecular flexibility index (Phi) is 3.09. The highest BCUT2D eigenvalue weighted by Crippen LogP contribution is 2.18. The highest BCUT2D eigenvalue weighted by atomic mass is 16.2. The third-order valence-corrected chi connectivity index (χ3v) is 3.04. The highest BCUT2D eigenvalue weighted by Gasteiger charge is 2.25. The van der Waals surface area contributed by atoms with Gasteiger partial charge in [-0.05, 0) is 12.5 Å². The minimum Gasteiger partial charge on any atom is -0.332 e. The highest BCUT2D eigenvalue weighted by molar-refractivity contribution is 5.81. The van der Waals surface area contributed by atoms with E-state index in [0.717, 1.165) is 0 Å². The van der Waals surface area contributed by atoms with E-state index in [0.29, 0.717) is 6.54 Å². The molecule has 0 aromatic heterocycles. The van der Waals surface area contributed by atoms with Gasteiger partial charge in [0.05, 0.1) is 5.92 Å². The van der Waals surface area contributed by atoms with Crippen LogP contribution in [0.4, 0.5) is 0 Å². The summed E-state index contributed by atoms with van der Waals surface area (Å²) in [7, 11) is 0. The summed E-state index contributed by atoms with van der Waals surface area (Å²) in [5.74, 6) is 0.235. The van der Waals surface area contributed by atoms with Crippen LogP contribution >= 0.6 is 0 Å². The molecule has 0 saturated heterocycles. The van der Waals surface area contributed by atoms with E-state index in [9.17, 15) is 4.79 Å². The quantitative estimate of drug-likeness (QED) is 0.694. The molecule has 2 rings (SSSR count). The van der Waals surface area contributed by atoms with Crippen LogP contribution in [0, 0.1) is 5.92 Å². The van der Waals surface area contributed by atoms with Crippen LogP contribution in [0.15, 0.2) is 42.5 Å². The summed E-state index contributed by atoms with van der Waals surface area (Å²) in [6.45, 7) is 4.71. The fourth-order valence-electron chi connectivity index (χ4n) is 1.98. The molecular formula is C14H17NO. The molecule has 0 N–H and O–H groups in total. The van der Waals surface area contributed by atoms with Gasteiger partial charge in [-0.1, -0.05) is 49.4 Å². The Hall–Kier alpha value is -1.57. The van der Waals surface area contributed by atoms with Crippen LogP contribution in [0.5, 0.6) is 0 Å². The Labute approximate surface area is 96.6 Å². The standard InChI is InChI=1S/C14H17NO/c1-11-8-9-12(2)15(14(11)16)10-13-6-4-3-5-7-13/h3-9,11-12H,10H2,1-2H3/t11-,12+/m1/s1. The summed E-state index contributed by atoms with van der Waals surface area (Å²) in [5.41, 5.74) is 1.19. The summed E-state index contributed by atoms with van der Waals surface area (Å²) in [6.07, 6.45) is 4.10. The molecule has 0 fully saturated rings. The van der Waals surface area contributed by atoms with E-state index >= 15 is 0 Å². The van der Waals surface area contributed by atoms with Crippen LogP contribution in [0.25, 0.3) is 0 Å². The second-order valence-corrected chi connectivity index (χ2v) is 4.37. The number of carbonyl (C=O) groups is 1. The smallest absolute Gasteiger partial charge is 0.229 e. The van der Waals surface area contributed by atoms with Crippen molar-refractivity contribution in [1.29, 1.82) is 0 Å². The molecule has 0 unspecified atom stereocenters. The van der Waals surface area contributed by atoms with Gasteiger partial charge in [0.2, 0.25) is 5.91 Å². The molecule has 0 spiro atoms. The van der Waals surface area contributed by atoms with Gasteiger partial charge in [0.15, 0.2) is 0 Å². The van der Waals surface area contributed by atoms with Crippen LogP contribution in [-0.4, -0.2) is 16.8 Å². The number of hydrogen-bond acceptors (Lipinski definition) is 1. The minimum atomic E-state index is 0.0138. The van der Waals surface area contributed by atoms with E-state index in [4.69, 9.17) is 0 Å². The first kappa shape index (κ1) is 10.9. The molecular weight excluding hydrogens is 198 g/mol. The number of amides is 1. The van der Waals surface area contributed by atoms with Crippen LogP contribution in [-0.2, 0) is 11.3 Å². The number of nitrogens with zero attached hydrogens (tertiary/aromatic N) is 1. The monoisotopic (exact) mass is 215 g/mol. The molecule has 1 aromatic carbocycles. The fraction of sp³-hybridized carbons (Fsp3) is 0.357. The van der Waals surface area contributed by atoms with Crippen molar-refractivity contribution in [3.63, 3.8) is 0 Å². The summed E-state index contributed by atoms with van der Waals surface area (Å²) >= 11 is 0. The maximum absolute atomic E-state index is 12.0. The van der Waals surface area contributed by atoms with Gasteiger partial charge in [0.1, 0.15) is 0 Å². The Bertz CT molecular complexity index is 396. The normalized spacial score (nSPS) is 24.9. The third-order valence-electron chi connectivity index (χ3n) is 3.04. The molecule has 84 valence electrons. The van der Waals surface area contributed by atoms with Crippen molar-refractivity contribution in [1.82, 2.24) is 4.90 Å². The van der Waals surface area contributed by atoms with E-state index in [-0.39, 0.29) is 17.9 Å². The lowest BCUT2D eigenvalue weighted by Gasteiger charge is -2.32. The lowest BCUT2D eigenvalue weighted by molar-refractivity contribution is -0.136. The second kappa shape index (κ2) is 4.52. The van der Waals surface area contributed by atoms with Crippen LogP contribution < -0.4 is 0 Å². The second-order valence-electron chi connectivity index (χ2n) is 4.37. The van der Waals surface area contributed by atoms with Gasteiger partial charge in [0, 0.05) is 12.6 Å². The number of hydrogen-bond donors (Lipinski definition) is 0. The maximum Gasteiger partial charge on any atom is 0.229 e. The molecule has 1 aromatic rings. The lowest BCUT2D eigenvalue weighted by atomic mass is 10.0. The Morgan fingerprint density at radius 1 is 1.12 bits per heavy atom. The SMILES string of the molecule is C[C@@H]1C=C[C@H](C)N(Cc2ccccc2)C1=O. The van der Waals surface area contributed by atoms with Crippen molar-refractivity contribution in [2.75, 3.05) is 0 Å². The summed E-state index contributed by atoms with van der Waals surface area (Å²) in [4.78, 5) is 13.9. The van der Waals surface area contributed by atoms with Gasteiger partial charge in [-0.3, -0.25) is 4.79 Å². The first-order valence-corrected chi connectivity index (χ1v) is 5.71. The largest absolute Gasteiger partial charge is 0.332 e. The van der Waals surface area contributed by atoms with E-state index in [2.05, 4.69) is 25.1 Å². The molecule has 1 amide bonds. The average molecular weight is 215 g/mol. The number of benzene rings is 1. The van der Waals surface area contributed by atoms with Crippen LogP contribution in [0.1, 0.15) is 19.4 Å². The molecule has 0 aliphatic carbocycles. The van der Waals surface area contributed by atoms with Crippen molar-refractivity contribution in [2.24, 2.45) is 5.92 Å². The van der Waals surface area contributed by atoms with Gasteiger partial charge in [-0.2, -0.15) is 0 Å². The van der Waals surface area contributed by atoms with E-state index in [1.54, 1.807) is 0 Å². The van der Waals surface area contributed by atoms with Gasteiger partial charge < -0.3 is 4.90 Å². The molecule has 0 radical (unpaired) electrons. The maximum atomic E-state index is 12.0. The van der Waals surface area contributed by atoms with Gasteiger partial charge in [-0.25, -0.2) is 0 Å². The number of rotatable bonds is 2. The summed E-state index contributed by atoms with van der Waals surface area (Å²) < 4.78 is 0. The molecule has 0 saturated carbocycles. The Balaban J connectivity index is 2.15. The predicted molar refractivity (Wildman–Crippen MR) is 64.8 cm³/mol. The summed E-state index contributed by atoms with van der Waals surface area (Å²) in [6, 6.07) is 10.3. The lowest BCUT2D eigenvalue weighted by Crippen LogP contribution is -2.42. The molecule has 2 atom stereocenters. The van der Waals surface area contributed by atoms with E-state index in [1.165, 1.54) is 5.56 Å². The molecule has 0 bridgehead atoms. The Morgan fingerprint density at radius 2 is 1.81 bits per heavy atom. The first-order chi connectivity index (χ1) is 7.68. The molecule has 1 heterocycles. The van der Waals surface area contributed by atoms with Crippen molar-refractivity contribution >= 4 is 5.91 Å². The molecule has 16 heavy (non-hydrogen) atoms. The molecule has 2 heteroatoms. The minimum absolute atomic E-state index is 0.0138. The van der Waals surface area contributed by atoms with E-state index < -0.39 is 0 Å². The topological polar surface area (TPSA) is 20.3 Å². The summed E-state index contributed by atoms with van der Waals surface area (Å²) in [5, 5.41) is 0. The van der Waals surface area contributed by atoms with Crippen LogP contribution in [0.2, 0.25) is 0 Å². The van der Waals surface area contributed by atoms with E-state index in [1.807, 2.05) is 36.1 Å². The van der Waals surface area contributed by atoms with Crippen molar-refractivity contribution in [3.05, 3.63) is 48.0 Å².